The molecule has 0 radical (unpaired) electrons. The van der Waals surface area contributed by atoms with Crippen LogP contribution in [0.2, 0.25) is 0 Å². The number of hydrogen-bond donors (Lipinski definition) is 1. The molecule has 0 atom stereocenters. The fourth-order valence-electron chi connectivity index (χ4n) is 2.03. The first kappa shape index (κ1) is 13.6. The quantitative estimate of drug-likeness (QED) is 0.864. The van der Waals surface area contributed by atoms with Crippen LogP contribution in [-0.2, 0) is 0 Å². The Bertz CT molecular complexity index is 687. The summed E-state index contributed by atoms with van der Waals surface area (Å²) >= 11 is 0. The first-order chi connectivity index (χ1) is 9.72. The first-order valence-corrected chi connectivity index (χ1v) is 6.16. The lowest BCUT2D eigenvalue weighted by Gasteiger charge is -2.13. The predicted molar refractivity (Wildman–Crippen MR) is 74.8 cm³/mol. The number of ether oxygens (including phenoxy) is 1. The third-order valence-electron chi connectivity index (χ3n) is 2.91. The van der Waals surface area contributed by atoms with E-state index in [1.165, 1.54) is 12.1 Å². The van der Waals surface area contributed by atoms with Crippen LogP contribution in [0.5, 0.6) is 11.5 Å². The Hall–Kier alpha value is -2.80. The molecule has 100 valence electrons. The summed E-state index contributed by atoms with van der Waals surface area (Å²) in [6.45, 7) is 2.31. The van der Waals surface area contributed by atoms with Gasteiger partial charge < -0.3 is 9.84 Å². The number of carbonyl (C=O) groups excluding carboxylic acids is 1. The van der Waals surface area contributed by atoms with E-state index in [0.29, 0.717) is 35.3 Å². The third kappa shape index (κ3) is 2.34. The average molecular weight is 267 g/mol. The van der Waals surface area contributed by atoms with E-state index >= 15 is 0 Å². The molecule has 2 aromatic carbocycles. The molecule has 0 aliphatic carbocycles. The van der Waals surface area contributed by atoms with Gasteiger partial charge in [0.2, 0.25) is 0 Å². The van der Waals surface area contributed by atoms with E-state index < -0.39 is 0 Å². The van der Waals surface area contributed by atoms with Crippen molar-refractivity contribution in [2.75, 3.05) is 6.61 Å². The van der Waals surface area contributed by atoms with Gasteiger partial charge in [-0.25, -0.2) is 0 Å². The van der Waals surface area contributed by atoms with Crippen LogP contribution in [0.4, 0.5) is 0 Å². The standard InChI is InChI=1S/C16H13NO3/c1-2-20-14-6-4-3-5-13(14)15-12(10-18)8-7-11(9-17)16(15)19/h3-8,10,19H,2H2,1H3. The fraction of sp³-hybridized carbons (Fsp3) is 0.125. The number of para-hydroxylation sites is 1. The molecular formula is C16H13NO3. The van der Waals surface area contributed by atoms with Crippen LogP contribution in [0.25, 0.3) is 11.1 Å². The molecule has 0 heterocycles. The van der Waals surface area contributed by atoms with Crippen molar-refractivity contribution in [3.05, 3.63) is 47.5 Å². The third-order valence-corrected chi connectivity index (χ3v) is 2.91. The summed E-state index contributed by atoms with van der Waals surface area (Å²) < 4.78 is 5.51. The van der Waals surface area contributed by atoms with E-state index in [-0.39, 0.29) is 11.3 Å². The second kappa shape index (κ2) is 5.89. The highest BCUT2D eigenvalue weighted by molar-refractivity contribution is 5.93. The highest BCUT2D eigenvalue weighted by Crippen LogP contribution is 2.39. The number of phenols is 1. The molecule has 0 aliphatic rings. The highest BCUT2D eigenvalue weighted by atomic mass is 16.5. The molecule has 2 rings (SSSR count). The van der Waals surface area contributed by atoms with Crippen molar-refractivity contribution in [2.24, 2.45) is 0 Å². The van der Waals surface area contributed by atoms with Gasteiger partial charge in [0.25, 0.3) is 0 Å². The van der Waals surface area contributed by atoms with Crippen molar-refractivity contribution in [3.63, 3.8) is 0 Å². The van der Waals surface area contributed by atoms with E-state index in [9.17, 15) is 9.90 Å². The van der Waals surface area contributed by atoms with Gasteiger partial charge in [0.05, 0.1) is 12.2 Å². The van der Waals surface area contributed by atoms with Gasteiger partial charge in [0.1, 0.15) is 17.6 Å². The largest absolute Gasteiger partial charge is 0.506 e. The van der Waals surface area contributed by atoms with Crippen LogP contribution in [0.1, 0.15) is 22.8 Å². The lowest BCUT2D eigenvalue weighted by molar-refractivity contribution is 0.112. The highest BCUT2D eigenvalue weighted by Gasteiger charge is 2.17. The van der Waals surface area contributed by atoms with Gasteiger partial charge in [-0.3, -0.25) is 4.79 Å². The van der Waals surface area contributed by atoms with E-state index in [1.807, 2.05) is 13.0 Å². The molecule has 0 unspecified atom stereocenters. The Balaban J connectivity index is 2.75. The van der Waals surface area contributed by atoms with Crippen molar-refractivity contribution < 1.29 is 14.6 Å². The van der Waals surface area contributed by atoms with Gasteiger partial charge in [0, 0.05) is 16.7 Å². The number of hydrogen-bond acceptors (Lipinski definition) is 4. The average Bonchev–Trinajstić information content (AvgIpc) is 2.48. The van der Waals surface area contributed by atoms with Crippen molar-refractivity contribution in [2.45, 2.75) is 6.92 Å². The van der Waals surface area contributed by atoms with Crippen LogP contribution in [0.15, 0.2) is 36.4 Å². The molecule has 4 heteroatoms. The van der Waals surface area contributed by atoms with Crippen molar-refractivity contribution >= 4 is 6.29 Å². The minimum atomic E-state index is -0.204. The number of benzene rings is 2. The number of rotatable bonds is 4. The van der Waals surface area contributed by atoms with Gasteiger partial charge in [-0.15, -0.1) is 0 Å². The van der Waals surface area contributed by atoms with E-state index in [4.69, 9.17) is 10.00 Å². The maximum Gasteiger partial charge on any atom is 0.150 e. The van der Waals surface area contributed by atoms with Gasteiger partial charge in [-0.2, -0.15) is 5.26 Å². The smallest absolute Gasteiger partial charge is 0.150 e. The van der Waals surface area contributed by atoms with Crippen LogP contribution in [0.3, 0.4) is 0 Å². The van der Waals surface area contributed by atoms with Gasteiger partial charge in [-0.05, 0) is 25.1 Å². The van der Waals surface area contributed by atoms with Crippen LogP contribution < -0.4 is 4.74 Å². The number of aldehydes is 1. The summed E-state index contributed by atoms with van der Waals surface area (Å²) in [6.07, 6.45) is 0.652. The molecule has 0 fully saturated rings. The lowest BCUT2D eigenvalue weighted by atomic mass is 9.96. The van der Waals surface area contributed by atoms with E-state index in [0.717, 1.165) is 0 Å². The van der Waals surface area contributed by atoms with Gasteiger partial charge in [0.15, 0.2) is 6.29 Å². The lowest BCUT2D eigenvalue weighted by Crippen LogP contribution is -1.97. The number of nitrogens with zero attached hydrogens (tertiary/aromatic N) is 1. The van der Waals surface area contributed by atoms with Crippen LogP contribution in [-0.4, -0.2) is 18.0 Å². The monoisotopic (exact) mass is 267 g/mol. The van der Waals surface area contributed by atoms with Crippen LogP contribution in [0, 0.1) is 11.3 Å². The number of carbonyl (C=O) groups is 1. The molecule has 4 nitrogen and oxygen atoms in total. The summed E-state index contributed by atoms with van der Waals surface area (Å²) in [7, 11) is 0. The van der Waals surface area contributed by atoms with Gasteiger partial charge >= 0.3 is 0 Å². The summed E-state index contributed by atoms with van der Waals surface area (Å²) in [4.78, 5) is 11.2. The molecule has 0 bridgehead atoms. The maximum absolute atomic E-state index is 11.2. The molecule has 0 saturated carbocycles. The zero-order valence-corrected chi connectivity index (χ0v) is 11.0. The Morgan fingerprint density at radius 3 is 2.70 bits per heavy atom. The second-order valence-electron chi connectivity index (χ2n) is 4.08. The zero-order valence-electron chi connectivity index (χ0n) is 11.0. The van der Waals surface area contributed by atoms with Gasteiger partial charge in [-0.1, -0.05) is 18.2 Å². The molecule has 0 saturated heterocycles. The first-order valence-electron chi connectivity index (χ1n) is 6.16. The Morgan fingerprint density at radius 1 is 1.30 bits per heavy atom. The predicted octanol–water partition coefficient (Wildman–Crippen LogP) is 3.14. The minimum Gasteiger partial charge on any atom is -0.506 e. The Labute approximate surface area is 116 Å². The number of nitriles is 1. The van der Waals surface area contributed by atoms with E-state index in [2.05, 4.69) is 0 Å². The second-order valence-corrected chi connectivity index (χ2v) is 4.08. The number of phenolic OH excluding ortho intramolecular Hbond substituents is 1. The Morgan fingerprint density at radius 2 is 2.05 bits per heavy atom. The molecule has 20 heavy (non-hydrogen) atoms. The molecular weight excluding hydrogens is 254 g/mol. The Kier molecular flexibility index (Phi) is 4.02. The summed E-state index contributed by atoms with van der Waals surface area (Å²) in [5.74, 6) is 0.354. The maximum atomic E-state index is 11.2. The SMILES string of the molecule is CCOc1ccccc1-c1c(C=O)ccc(C#N)c1O. The zero-order chi connectivity index (χ0) is 14.5. The normalized spacial score (nSPS) is 9.80. The summed E-state index contributed by atoms with van der Waals surface area (Å²) in [6, 6.07) is 11.9. The number of aromatic hydroxyl groups is 1. The summed E-state index contributed by atoms with van der Waals surface area (Å²) in [5, 5.41) is 19.2. The van der Waals surface area contributed by atoms with Crippen molar-refractivity contribution in [1.29, 1.82) is 5.26 Å². The molecule has 0 aliphatic heterocycles. The topological polar surface area (TPSA) is 70.3 Å². The molecule has 0 amide bonds. The van der Waals surface area contributed by atoms with Crippen LogP contribution >= 0.6 is 0 Å². The van der Waals surface area contributed by atoms with Crippen molar-refractivity contribution in [1.82, 2.24) is 0 Å². The fourth-order valence-corrected chi connectivity index (χ4v) is 2.03. The molecule has 2 aromatic rings. The molecule has 0 aromatic heterocycles. The summed E-state index contributed by atoms with van der Waals surface area (Å²) in [5.41, 5.74) is 1.35. The minimum absolute atomic E-state index is 0.122. The van der Waals surface area contributed by atoms with E-state index in [1.54, 1.807) is 24.3 Å². The molecule has 1 N–H and O–H groups in total. The van der Waals surface area contributed by atoms with Crippen molar-refractivity contribution in [3.8, 4) is 28.7 Å². The molecule has 0 spiro atoms.